The van der Waals surface area contributed by atoms with E-state index in [1.165, 1.54) is 41.6 Å². The number of rotatable bonds is 8. The van der Waals surface area contributed by atoms with Crippen LogP contribution in [0, 0.1) is 13.8 Å². The number of hydrogen-bond donors (Lipinski definition) is 2. The van der Waals surface area contributed by atoms with Crippen molar-refractivity contribution in [3.05, 3.63) is 58.1 Å². The van der Waals surface area contributed by atoms with Gasteiger partial charge in [0.15, 0.2) is 5.58 Å². The van der Waals surface area contributed by atoms with Gasteiger partial charge in [0.2, 0.25) is 15.9 Å². The Morgan fingerprint density at radius 1 is 1.23 bits per heavy atom. The Kier molecular flexibility index (Phi) is 6.93. The van der Waals surface area contributed by atoms with Gasteiger partial charge in [-0.15, -0.1) is 0 Å². The van der Waals surface area contributed by atoms with E-state index >= 15 is 0 Å². The van der Waals surface area contributed by atoms with Gasteiger partial charge in [0, 0.05) is 18.8 Å². The highest BCUT2D eigenvalue weighted by atomic mass is 32.2. The minimum Gasteiger partial charge on any atom is -0.408 e. The van der Waals surface area contributed by atoms with Crippen LogP contribution in [-0.2, 0) is 21.9 Å². The molecule has 0 radical (unpaired) electrons. The quantitative estimate of drug-likeness (QED) is 0.532. The maximum atomic E-state index is 13.0. The van der Waals surface area contributed by atoms with Crippen LogP contribution in [0.2, 0.25) is 0 Å². The highest BCUT2D eigenvalue weighted by Gasteiger charge is 2.26. The van der Waals surface area contributed by atoms with Crippen molar-refractivity contribution in [1.82, 2.24) is 9.29 Å². The molecule has 0 saturated carbocycles. The highest BCUT2D eigenvalue weighted by Crippen LogP contribution is 2.21. The first kappa shape index (κ1) is 23.1. The van der Waals surface area contributed by atoms with Crippen LogP contribution in [0.25, 0.3) is 11.1 Å². The molecule has 0 saturated heterocycles. The lowest BCUT2D eigenvalue weighted by molar-refractivity contribution is -0.117. The Balaban J connectivity index is 1.87. The third kappa shape index (κ3) is 5.03. The molecule has 0 aliphatic rings. The van der Waals surface area contributed by atoms with Crippen molar-refractivity contribution >= 4 is 44.5 Å². The fraction of sp³-hybridized carbons (Fsp3) is 0.333. The van der Waals surface area contributed by atoms with E-state index in [0.29, 0.717) is 23.4 Å². The molecule has 1 aromatic heterocycles. The smallest absolute Gasteiger partial charge is 0.408 e. The van der Waals surface area contributed by atoms with Crippen LogP contribution in [0.15, 0.2) is 50.5 Å². The number of thioether (sulfide) groups is 1. The second kappa shape index (κ2) is 9.29. The normalized spacial score (nSPS) is 12.8. The molecule has 2 aromatic carbocycles. The maximum absolute atomic E-state index is 13.0. The topological polar surface area (TPSA) is 110 Å². The zero-order valence-corrected chi connectivity index (χ0v) is 19.4. The Labute approximate surface area is 185 Å². The fourth-order valence-corrected chi connectivity index (χ4v) is 4.84. The molecule has 1 atom stereocenters. The molecule has 3 rings (SSSR count). The van der Waals surface area contributed by atoms with Gasteiger partial charge in [-0.2, -0.15) is 16.5 Å². The van der Waals surface area contributed by atoms with Crippen molar-refractivity contribution in [2.24, 2.45) is 7.05 Å². The Morgan fingerprint density at radius 2 is 1.97 bits per heavy atom. The van der Waals surface area contributed by atoms with E-state index in [4.69, 9.17) is 4.42 Å². The van der Waals surface area contributed by atoms with E-state index in [-0.39, 0.29) is 10.5 Å². The first-order valence-corrected chi connectivity index (χ1v) is 12.5. The van der Waals surface area contributed by atoms with Gasteiger partial charge in [-0.3, -0.25) is 9.36 Å². The molecular formula is C21H25N3O5S2. The molecule has 2 N–H and O–H groups in total. The molecule has 0 aliphatic carbocycles. The van der Waals surface area contributed by atoms with Crippen molar-refractivity contribution in [2.75, 3.05) is 17.3 Å². The summed E-state index contributed by atoms with van der Waals surface area (Å²) in [6, 6.07) is 8.77. The van der Waals surface area contributed by atoms with Crippen LogP contribution in [0.4, 0.5) is 5.69 Å². The molecule has 166 valence electrons. The van der Waals surface area contributed by atoms with Crippen molar-refractivity contribution in [2.45, 2.75) is 31.2 Å². The molecule has 0 fully saturated rings. The number of nitrogens with one attached hydrogen (secondary N) is 2. The monoisotopic (exact) mass is 463 g/mol. The molecule has 31 heavy (non-hydrogen) atoms. The van der Waals surface area contributed by atoms with Gasteiger partial charge in [0.25, 0.3) is 0 Å². The lowest BCUT2D eigenvalue weighted by Gasteiger charge is -2.19. The van der Waals surface area contributed by atoms with Crippen molar-refractivity contribution in [1.29, 1.82) is 0 Å². The largest absolute Gasteiger partial charge is 0.419 e. The third-order valence-corrected chi connectivity index (χ3v) is 7.27. The van der Waals surface area contributed by atoms with Gasteiger partial charge < -0.3 is 9.73 Å². The summed E-state index contributed by atoms with van der Waals surface area (Å²) < 4.78 is 34.9. The van der Waals surface area contributed by atoms with Crippen molar-refractivity contribution < 1.29 is 17.6 Å². The molecule has 8 nitrogen and oxygen atoms in total. The second-order valence-corrected chi connectivity index (χ2v) is 9.95. The SMILES string of the molecule is CSCCC(NS(=O)(=O)c1ccc2c(c1)oc(=O)n2C)C(=O)Nc1cccc(C)c1C. The number of amides is 1. The summed E-state index contributed by atoms with van der Waals surface area (Å²) in [4.78, 5) is 24.5. The van der Waals surface area contributed by atoms with Crippen LogP contribution < -0.4 is 15.8 Å². The first-order chi connectivity index (χ1) is 14.6. The zero-order valence-electron chi connectivity index (χ0n) is 17.8. The summed E-state index contributed by atoms with van der Waals surface area (Å²) in [5, 5.41) is 2.84. The standard InChI is InChI=1S/C21H25N3O5S2/c1-13-6-5-7-16(14(13)2)22-20(25)17(10-11-30-4)23-31(27,28)15-8-9-18-19(12-15)29-21(26)24(18)3/h5-9,12,17,23H,10-11H2,1-4H3,(H,22,25). The van der Waals surface area contributed by atoms with Crippen LogP contribution >= 0.6 is 11.8 Å². The maximum Gasteiger partial charge on any atom is 0.419 e. The zero-order chi connectivity index (χ0) is 22.8. The number of oxazole rings is 1. The van der Waals surface area contributed by atoms with Crippen molar-refractivity contribution in [3.8, 4) is 0 Å². The number of fused-ring (bicyclic) bond motifs is 1. The number of sulfonamides is 1. The average molecular weight is 464 g/mol. The van der Waals surface area contributed by atoms with Crippen LogP contribution in [-0.4, -0.2) is 36.9 Å². The van der Waals surface area contributed by atoms with Gasteiger partial charge in [-0.05, 0) is 61.6 Å². The summed E-state index contributed by atoms with van der Waals surface area (Å²) >= 11 is 1.52. The molecule has 1 unspecified atom stereocenters. The predicted octanol–water partition coefficient (Wildman–Crippen LogP) is 2.79. The van der Waals surface area contributed by atoms with E-state index in [2.05, 4.69) is 10.0 Å². The summed E-state index contributed by atoms with van der Waals surface area (Å²) in [7, 11) is -2.49. The minimum absolute atomic E-state index is 0.0805. The molecule has 3 aromatic rings. The van der Waals surface area contributed by atoms with Gasteiger partial charge in [0.05, 0.1) is 10.4 Å². The van der Waals surface area contributed by atoms with Crippen LogP contribution in [0.1, 0.15) is 17.5 Å². The number of carbonyl (C=O) groups excluding carboxylic acids is 1. The highest BCUT2D eigenvalue weighted by molar-refractivity contribution is 7.98. The molecular weight excluding hydrogens is 438 g/mol. The lowest BCUT2D eigenvalue weighted by Crippen LogP contribution is -2.44. The number of benzene rings is 2. The van der Waals surface area contributed by atoms with Gasteiger partial charge in [-0.1, -0.05) is 12.1 Å². The number of aryl methyl sites for hydroxylation is 2. The predicted molar refractivity (Wildman–Crippen MR) is 123 cm³/mol. The summed E-state index contributed by atoms with van der Waals surface area (Å²) in [6.45, 7) is 3.84. The molecule has 1 amide bonds. The first-order valence-electron chi connectivity index (χ1n) is 9.62. The fourth-order valence-electron chi connectivity index (χ4n) is 3.12. The lowest BCUT2D eigenvalue weighted by atomic mass is 10.1. The van der Waals surface area contributed by atoms with E-state index in [9.17, 15) is 18.0 Å². The molecule has 0 aliphatic heterocycles. The summed E-state index contributed by atoms with van der Waals surface area (Å²) in [5.74, 6) is -0.415. The van der Waals surface area contributed by atoms with Crippen molar-refractivity contribution in [3.63, 3.8) is 0 Å². The van der Waals surface area contributed by atoms with Gasteiger partial charge in [-0.25, -0.2) is 13.2 Å². The van der Waals surface area contributed by atoms with E-state index < -0.39 is 27.7 Å². The van der Waals surface area contributed by atoms with Gasteiger partial charge >= 0.3 is 5.76 Å². The number of anilines is 1. The third-order valence-electron chi connectivity index (χ3n) is 5.16. The minimum atomic E-state index is -4.03. The Bertz CT molecular complexity index is 1280. The van der Waals surface area contributed by atoms with Crippen LogP contribution in [0.5, 0.6) is 0 Å². The second-order valence-electron chi connectivity index (χ2n) is 7.25. The Hall–Kier alpha value is -2.56. The Morgan fingerprint density at radius 3 is 2.68 bits per heavy atom. The van der Waals surface area contributed by atoms with E-state index in [0.717, 1.165) is 11.1 Å². The number of carbonyl (C=O) groups is 1. The molecule has 1 heterocycles. The summed E-state index contributed by atoms with van der Waals surface area (Å²) in [6.07, 6.45) is 2.21. The number of aromatic nitrogens is 1. The molecule has 0 bridgehead atoms. The van der Waals surface area contributed by atoms with Crippen LogP contribution in [0.3, 0.4) is 0 Å². The van der Waals surface area contributed by atoms with Gasteiger partial charge in [0.1, 0.15) is 6.04 Å². The summed E-state index contributed by atoms with van der Waals surface area (Å²) in [5.41, 5.74) is 3.24. The average Bonchev–Trinajstić information content (AvgIpc) is 3.01. The number of nitrogens with zero attached hydrogens (tertiary/aromatic N) is 1. The van der Waals surface area contributed by atoms with E-state index in [1.807, 2.05) is 32.2 Å². The number of hydrogen-bond acceptors (Lipinski definition) is 6. The molecule has 0 spiro atoms. The molecule has 10 heteroatoms. The van der Waals surface area contributed by atoms with E-state index in [1.54, 1.807) is 6.07 Å².